The number of terminal acetylenes is 1. The van der Waals surface area contributed by atoms with Crippen LogP contribution in [0, 0.1) is 24.7 Å². The van der Waals surface area contributed by atoms with E-state index in [0.29, 0.717) is 6.67 Å². The molecule has 1 aliphatic carbocycles. The quantitative estimate of drug-likeness (QED) is 0.490. The summed E-state index contributed by atoms with van der Waals surface area (Å²) >= 11 is 0. The van der Waals surface area contributed by atoms with Crippen molar-refractivity contribution in [2.45, 2.75) is 20.3 Å². The second-order valence-electron chi connectivity index (χ2n) is 3.12. The molecule has 2 nitrogen and oxygen atoms in total. The molecule has 1 rings (SSSR count). The van der Waals surface area contributed by atoms with E-state index in [0.717, 1.165) is 11.8 Å². The predicted molar refractivity (Wildman–Crippen MR) is 53.1 cm³/mol. The van der Waals surface area contributed by atoms with Gasteiger partial charge in [-0.25, -0.2) is 0 Å². The summed E-state index contributed by atoms with van der Waals surface area (Å²) in [5.41, 5.74) is 6.72. The first-order valence-corrected chi connectivity index (χ1v) is 4.19. The van der Waals surface area contributed by atoms with E-state index in [-0.39, 0.29) is 0 Å². The molecule has 2 atom stereocenters. The van der Waals surface area contributed by atoms with E-state index in [2.05, 4.69) is 32.0 Å². The number of hydrogen-bond acceptors (Lipinski definition) is 2. The summed E-state index contributed by atoms with van der Waals surface area (Å²) in [5, 5.41) is 3.01. The van der Waals surface area contributed by atoms with Gasteiger partial charge in [-0.15, -0.1) is 12.8 Å². The van der Waals surface area contributed by atoms with Crippen molar-refractivity contribution in [2.75, 3.05) is 6.67 Å². The zero-order chi connectivity index (χ0) is 9.56. The first kappa shape index (κ1) is 11.1. The minimum Gasteiger partial charge on any atom is -0.379 e. The van der Waals surface area contributed by atoms with Crippen LogP contribution in [0.25, 0.3) is 0 Å². The van der Waals surface area contributed by atoms with Gasteiger partial charge in [0.2, 0.25) is 0 Å². The van der Waals surface area contributed by atoms with Crippen LogP contribution in [0.1, 0.15) is 20.3 Å². The molecular weight excluding hydrogens is 148 g/mol. The van der Waals surface area contributed by atoms with Crippen molar-refractivity contribution in [3.05, 3.63) is 11.8 Å². The third-order valence-electron chi connectivity index (χ3n) is 2.14. The van der Waals surface area contributed by atoms with E-state index in [4.69, 9.17) is 5.73 Å². The molecule has 1 fully saturated rings. The Morgan fingerprint density at radius 1 is 1.67 bits per heavy atom. The lowest BCUT2D eigenvalue weighted by Gasteiger charge is -1.98. The molecule has 0 spiro atoms. The van der Waals surface area contributed by atoms with Gasteiger partial charge in [0.05, 0.1) is 6.67 Å². The van der Waals surface area contributed by atoms with Gasteiger partial charge in [-0.1, -0.05) is 12.5 Å². The summed E-state index contributed by atoms with van der Waals surface area (Å²) in [6.45, 7) is 4.99. The Morgan fingerprint density at radius 2 is 2.17 bits per heavy atom. The Labute approximate surface area is 75.2 Å². The molecule has 3 N–H and O–H groups in total. The van der Waals surface area contributed by atoms with Crippen LogP contribution >= 0.6 is 0 Å². The normalized spacial score (nSPS) is 26.9. The zero-order valence-electron chi connectivity index (χ0n) is 7.88. The van der Waals surface area contributed by atoms with Gasteiger partial charge in [0.1, 0.15) is 0 Å². The van der Waals surface area contributed by atoms with Crippen molar-refractivity contribution in [1.82, 2.24) is 5.32 Å². The molecule has 2 heteroatoms. The minimum absolute atomic E-state index is 0.540. The van der Waals surface area contributed by atoms with Crippen molar-refractivity contribution in [2.24, 2.45) is 17.6 Å². The molecule has 0 aliphatic heterocycles. The number of allylic oxidation sites excluding steroid dienone is 1. The molecule has 0 heterocycles. The molecule has 0 radical (unpaired) electrons. The number of nitrogens with two attached hydrogens (primary N) is 1. The first-order chi connectivity index (χ1) is 5.75. The summed E-state index contributed by atoms with van der Waals surface area (Å²) in [6.07, 6.45) is 11.4. The first-order valence-electron chi connectivity index (χ1n) is 4.19. The molecule has 0 saturated heterocycles. The lowest BCUT2D eigenvalue weighted by atomic mass is 10.2. The van der Waals surface area contributed by atoms with Crippen LogP contribution in [0.15, 0.2) is 11.8 Å². The van der Waals surface area contributed by atoms with Crippen LogP contribution in [0.3, 0.4) is 0 Å². The molecule has 0 aromatic carbocycles. The van der Waals surface area contributed by atoms with Crippen LogP contribution in [0.4, 0.5) is 0 Å². The molecule has 68 valence electrons. The van der Waals surface area contributed by atoms with Gasteiger partial charge in [-0.3, -0.25) is 0 Å². The molecule has 2 unspecified atom stereocenters. The second kappa shape index (κ2) is 5.68. The van der Waals surface area contributed by atoms with Gasteiger partial charge in [-0.2, -0.15) is 0 Å². The largest absolute Gasteiger partial charge is 0.379 e. The standard InChI is InChI=1S/C8H16N2.C2H2/c1-6-3-8(6)7(2)4-10-5-9;1-2/h4,6,8,10H,3,5,9H2,1-2H3;1-2H/b7-4+;. The maximum Gasteiger partial charge on any atom is 0.0622 e. The van der Waals surface area contributed by atoms with E-state index in [1.165, 1.54) is 12.0 Å². The highest BCUT2D eigenvalue weighted by atomic mass is 14.9. The van der Waals surface area contributed by atoms with E-state index >= 15 is 0 Å². The predicted octanol–water partition coefficient (Wildman–Crippen LogP) is 1.30. The van der Waals surface area contributed by atoms with Gasteiger partial charge in [0, 0.05) is 0 Å². The maximum atomic E-state index is 5.28. The van der Waals surface area contributed by atoms with E-state index in [1.807, 2.05) is 6.20 Å². The Hall–Kier alpha value is -0.940. The van der Waals surface area contributed by atoms with E-state index in [9.17, 15) is 0 Å². The molecule has 0 amide bonds. The highest BCUT2D eigenvalue weighted by molar-refractivity contribution is 5.11. The second-order valence-corrected chi connectivity index (χ2v) is 3.12. The maximum absolute atomic E-state index is 5.28. The zero-order valence-corrected chi connectivity index (χ0v) is 7.88. The Balaban J connectivity index is 0.000000561. The highest BCUT2D eigenvalue weighted by Gasteiger charge is 2.33. The van der Waals surface area contributed by atoms with E-state index < -0.39 is 0 Å². The number of hydrogen-bond donors (Lipinski definition) is 2. The molecule has 0 aromatic heterocycles. The molecule has 12 heavy (non-hydrogen) atoms. The topological polar surface area (TPSA) is 38.0 Å². The van der Waals surface area contributed by atoms with Crippen LogP contribution in [-0.4, -0.2) is 6.67 Å². The van der Waals surface area contributed by atoms with Crippen LogP contribution < -0.4 is 11.1 Å². The van der Waals surface area contributed by atoms with Crippen molar-refractivity contribution in [3.8, 4) is 12.8 Å². The number of rotatable bonds is 3. The Morgan fingerprint density at radius 3 is 2.50 bits per heavy atom. The van der Waals surface area contributed by atoms with Crippen LogP contribution in [0.5, 0.6) is 0 Å². The SMILES string of the molecule is C#C.C/C(=C\NCN)C1CC1C. The third kappa shape index (κ3) is 3.45. The monoisotopic (exact) mass is 166 g/mol. The van der Waals surface area contributed by atoms with Gasteiger partial charge >= 0.3 is 0 Å². The molecule has 0 aromatic rings. The average Bonchev–Trinajstić information content (AvgIpc) is 2.82. The molecule has 1 aliphatic rings. The molecular formula is C10H18N2. The lowest BCUT2D eigenvalue weighted by molar-refractivity contribution is 0.815. The van der Waals surface area contributed by atoms with Crippen molar-refractivity contribution < 1.29 is 0 Å². The summed E-state index contributed by atoms with van der Waals surface area (Å²) < 4.78 is 0. The third-order valence-corrected chi connectivity index (χ3v) is 2.14. The Bertz CT molecular complexity index is 170. The summed E-state index contributed by atoms with van der Waals surface area (Å²) in [5.74, 6) is 1.73. The number of nitrogens with one attached hydrogen (secondary N) is 1. The van der Waals surface area contributed by atoms with Gasteiger partial charge in [0.15, 0.2) is 0 Å². The minimum atomic E-state index is 0.540. The summed E-state index contributed by atoms with van der Waals surface area (Å²) in [4.78, 5) is 0. The fraction of sp³-hybridized carbons (Fsp3) is 0.600. The van der Waals surface area contributed by atoms with Crippen molar-refractivity contribution in [3.63, 3.8) is 0 Å². The van der Waals surface area contributed by atoms with Crippen LogP contribution in [0.2, 0.25) is 0 Å². The summed E-state index contributed by atoms with van der Waals surface area (Å²) in [7, 11) is 0. The molecule has 1 saturated carbocycles. The van der Waals surface area contributed by atoms with Gasteiger partial charge < -0.3 is 11.1 Å². The van der Waals surface area contributed by atoms with Gasteiger partial charge in [0.25, 0.3) is 0 Å². The van der Waals surface area contributed by atoms with Gasteiger partial charge in [-0.05, 0) is 31.4 Å². The van der Waals surface area contributed by atoms with Crippen LogP contribution in [-0.2, 0) is 0 Å². The smallest absolute Gasteiger partial charge is 0.0622 e. The van der Waals surface area contributed by atoms with Crippen molar-refractivity contribution in [1.29, 1.82) is 0 Å². The highest BCUT2D eigenvalue weighted by Crippen LogP contribution is 2.42. The average molecular weight is 166 g/mol. The summed E-state index contributed by atoms with van der Waals surface area (Å²) in [6, 6.07) is 0. The lowest BCUT2D eigenvalue weighted by Crippen LogP contribution is -2.16. The molecule has 0 bridgehead atoms. The van der Waals surface area contributed by atoms with Crippen molar-refractivity contribution >= 4 is 0 Å². The Kier molecular flexibility index (Phi) is 5.23. The fourth-order valence-electron chi connectivity index (χ4n) is 1.28. The fourth-order valence-corrected chi connectivity index (χ4v) is 1.28. The van der Waals surface area contributed by atoms with E-state index in [1.54, 1.807) is 0 Å².